The number of halogens is 3. The number of pyridine rings is 1. The number of aliphatic hydroxyl groups is 1. The van der Waals surface area contributed by atoms with Gasteiger partial charge in [0.25, 0.3) is 0 Å². The summed E-state index contributed by atoms with van der Waals surface area (Å²) in [6, 6.07) is 5.55. The number of aromatic nitrogens is 1. The van der Waals surface area contributed by atoms with Gasteiger partial charge in [0.1, 0.15) is 0 Å². The fraction of sp³-hybridized carbons (Fsp3) is 0.471. The Labute approximate surface area is 132 Å². The van der Waals surface area contributed by atoms with Gasteiger partial charge in [-0.25, -0.2) is 0 Å². The maximum atomic E-state index is 12.8. The van der Waals surface area contributed by atoms with Crippen LogP contribution in [0.5, 0.6) is 0 Å². The molecule has 0 amide bonds. The van der Waals surface area contributed by atoms with Crippen LogP contribution in [0.4, 0.5) is 18.9 Å². The Bertz CT molecular complexity index is 692. The van der Waals surface area contributed by atoms with Crippen molar-refractivity contribution >= 4 is 16.6 Å². The molecular formula is C17H19F3N2O. The quantitative estimate of drug-likeness (QED) is 0.911. The second kappa shape index (κ2) is 6.00. The third kappa shape index (κ3) is 3.27. The molecule has 1 aliphatic rings. The van der Waals surface area contributed by atoms with E-state index in [4.69, 9.17) is 0 Å². The number of alkyl halides is 3. The summed E-state index contributed by atoms with van der Waals surface area (Å²) in [4.78, 5) is 6.25. The van der Waals surface area contributed by atoms with E-state index >= 15 is 0 Å². The SMILES string of the molecule is CC(O)C1CCN(c2ccnc3cc(C(F)(F)F)ccc23)CC1. The Morgan fingerprint density at radius 1 is 1.22 bits per heavy atom. The maximum absolute atomic E-state index is 12.8. The predicted octanol–water partition coefficient (Wildman–Crippen LogP) is 3.85. The van der Waals surface area contributed by atoms with Gasteiger partial charge in [0, 0.05) is 30.4 Å². The molecule has 1 aromatic carbocycles. The summed E-state index contributed by atoms with van der Waals surface area (Å²) in [7, 11) is 0. The smallest absolute Gasteiger partial charge is 0.393 e. The van der Waals surface area contributed by atoms with Crippen LogP contribution in [0.1, 0.15) is 25.3 Å². The normalized spacial score (nSPS) is 18.4. The van der Waals surface area contributed by atoms with Gasteiger partial charge in [-0.2, -0.15) is 13.2 Å². The Morgan fingerprint density at radius 3 is 2.52 bits per heavy atom. The summed E-state index contributed by atoms with van der Waals surface area (Å²) in [6.07, 6.45) is -1.37. The first-order chi connectivity index (χ1) is 10.9. The van der Waals surface area contributed by atoms with Crippen molar-refractivity contribution in [1.29, 1.82) is 0 Å². The largest absolute Gasteiger partial charge is 0.416 e. The lowest BCUT2D eigenvalue weighted by atomic mass is 9.92. The number of hydrogen-bond acceptors (Lipinski definition) is 3. The Morgan fingerprint density at radius 2 is 1.91 bits per heavy atom. The van der Waals surface area contributed by atoms with Crippen LogP contribution in [0.3, 0.4) is 0 Å². The van der Waals surface area contributed by atoms with E-state index in [1.165, 1.54) is 6.07 Å². The second-order valence-corrected chi connectivity index (χ2v) is 6.12. The van der Waals surface area contributed by atoms with E-state index in [0.29, 0.717) is 5.52 Å². The van der Waals surface area contributed by atoms with Crippen LogP contribution in [-0.4, -0.2) is 29.3 Å². The van der Waals surface area contributed by atoms with Crippen LogP contribution < -0.4 is 4.90 Å². The summed E-state index contributed by atoms with van der Waals surface area (Å²) < 4.78 is 38.5. The van der Waals surface area contributed by atoms with Gasteiger partial charge in [0.2, 0.25) is 0 Å². The Hall–Kier alpha value is -1.82. The molecule has 0 spiro atoms. The third-order valence-electron chi connectivity index (χ3n) is 4.61. The van der Waals surface area contributed by atoms with Crippen LogP contribution in [0.2, 0.25) is 0 Å². The lowest BCUT2D eigenvalue weighted by Crippen LogP contribution is -2.37. The van der Waals surface area contributed by atoms with E-state index in [2.05, 4.69) is 9.88 Å². The van der Waals surface area contributed by atoms with Crippen molar-refractivity contribution in [3.8, 4) is 0 Å². The highest BCUT2D eigenvalue weighted by atomic mass is 19.4. The number of aliphatic hydroxyl groups excluding tert-OH is 1. The van der Waals surface area contributed by atoms with Gasteiger partial charge < -0.3 is 10.0 Å². The Kier molecular flexibility index (Phi) is 4.19. The number of rotatable bonds is 2. The zero-order valence-corrected chi connectivity index (χ0v) is 12.8. The van der Waals surface area contributed by atoms with Crippen molar-refractivity contribution in [2.45, 2.75) is 32.0 Å². The van der Waals surface area contributed by atoms with Gasteiger partial charge in [-0.05, 0) is 43.9 Å². The Balaban J connectivity index is 1.90. The van der Waals surface area contributed by atoms with Gasteiger partial charge in [-0.15, -0.1) is 0 Å². The van der Waals surface area contributed by atoms with E-state index < -0.39 is 11.7 Å². The monoisotopic (exact) mass is 324 g/mol. The first-order valence-corrected chi connectivity index (χ1v) is 7.75. The molecule has 3 nitrogen and oxygen atoms in total. The summed E-state index contributed by atoms with van der Waals surface area (Å²) in [6.45, 7) is 3.38. The lowest BCUT2D eigenvalue weighted by Gasteiger charge is -2.35. The second-order valence-electron chi connectivity index (χ2n) is 6.12. The minimum absolute atomic E-state index is 0.288. The molecule has 1 atom stereocenters. The third-order valence-corrected chi connectivity index (χ3v) is 4.61. The standard InChI is InChI=1S/C17H19F3N2O/c1-11(23)12-5-8-22(9-6-12)16-4-7-21-15-10-13(17(18,19)20)2-3-14(15)16/h2-4,7,10-12,23H,5-6,8-9H2,1H3. The fourth-order valence-corrected chi connectivity index (χ4v) is 3.21. The maximum Gasteiger partial charge on any atom is 0.416 e. The average Bonchev–Trinajstić information content (AvgIpc) is 2.53. The molecule has 1 aromatic heterocycles. The highest BCUT2D eigenvalue weighted by molar-refractivity contribution is 5.92. The molecule has 1 unspecified atom stereocenters. The number of benzene rings is 1. The number of hydrogen-bond donors (Lipinski definition) is 1. The molecule has 0 aliphatic carbocycles. The van der Waals surface area contributed by atoms with E-state index in [-0.39, 0.29) is 12.0 Å². The van der Waals surface area contributed by atoms with E-state index in [1.807, 2.05) is 6.07 Å². The van der Waals surface area contributed by atoms with E-state index in [0.717, 1.165) is 49.1 Å². The molecule has 1 fully saturated rings. The predicted molar refractivity (Wildman–Crippen MR) is 83.4 cm³/mol. The van der Waals surface area contributed by atoms with E-state index in [9.17, 15) is 18.3 Å². The molecule has 0 saturated carbocycles. The zero-order valence-electron chi connectivity index (χ0n) is 12.8. The van der Waals surface area contributed by atoms with Crippen LogP contribution in [0.15, 0.2) is 30.5 Å². The van der Waals surface area contributed by atoms with Crippen LogP contribution in [-0.2, 0) is 6.18 Å². The highest BCUT2D eigenvalue weighted by Crippen LogP contribution is 2.34. The molecule has 1 aliphatic heterocycles. The van der Waals surface area contributed by atoms with Crippen LogP contribution in [0, 0.1) is 5.92 Å². The first kappa shape index (κ1) is 16.1. The first-order valence-electron chi connectivity index (χ1n) is 7.75. The van der Waals surface area contributed by atoms with Crippen molar-refractivity contribution in [2.75, 3.05) is 18.0 Å². The van der Waals surface area contributed by atoms with Gasteiger partial charge in [-0.3, -0.25) is 4.98 Å². The molecule has 23 heavy (non-hydrogen) atoms. The minimum Gasteiger partial charge on any atom is -0.393 e. The number of nitrogens with zero attached hydrogens (tertiary/aromatic N) is 2. The van der Waals surface area contributed by atoms with Crippen LogP contribution >= 0.6 is 0 Å². The van der Waals surface area contributed by atoms with Crippen molar-refractivity contribution in [2.24, 2.45) is 5.92 Å². The fourth-order valence-electron chi connectivity index (χ4n) is 3.21. The van der Waals surface area contributed by atoms with Crippen LogP contribution in [0.25, 0.3) is 10.9 Å². The average molecular weight is 324 g/mol. The molecule has 3 rings (SSSR count). The summed E-state index contributed by atoms with van der Waals surface area (Å²) in [5, 5.41) is 10.4. The lowest BCUT2D eigenvalue weighted by molar-refractivity contribution is -0.137. The molecular weight excluding hydrogens is 305 g/mol. The summed E-state index contributed by atoms with van der Waals surface area (Å²) in [5.74, 6) is 0.288. The summed E-state index contributed by atoms with van der Waals surface area (Å²) >= 11 is 0. The van der Waals surface area contributed by atoms with Crippen molar-refractivity contribution in [3.63, 3.8) is 0 Å². The minimum atomic E-state index is -4.36. The molecule has 1 N–H and O–H groups in total. The molecule has 2 aromatic rings. The molecule has 2 heterocycles. The van der Waals surface area contributed by atoms with Crippen molar-refractivity contribution < 1.29 is 18.3 Å². The molecule has 124 valence electrons. The van der Waals surface area contributed by atoms with Crippen molar-refractivity contribution in [1.82, 2.24) is 4.98 Å². The van der Waals surface area contributed by atoms with E-state index in [1.54, 1.807) is 13.1 Å². The zero-order chi connectivity index (χ0) is 16.6. The molecule has 6 heteroatoms. The molecule has 0 bridgehead atoms. The number of anilines is 1. The van der Waals surface area contributed by atoms with Crippen molar-refractivity contribution in [3.05, 3.63) is 36.0 Å². The summed E-state index contributed by atoms with van der Waals surface area (Å²) in [5.41, 5.74) is 0.588. The van der Waals surface area contributed by atoms with Gasteiger partial charge in [0.15, 0.2) is 0 Å². The topological polar surface area (TPSA) is 36.4 Å². The van der Waals surface area contributed by atoms with Gasteiger partial charge >= 0.3 is 6.18 Å². The number of piperidine rings is 1. The number of fused-ring (bicyclic) bond motifs is 1. The molecule has 1 saturated heterocycles. The van der Waals surface area contributed by atoms with Gasteiger partial charge in [-0.1, -0.05) is 6.07 Å². The van der Waals surface area contributed by atoms with Gasteiger partial charge in [0.05, 0.1) is 17.2 Å². The highest BCUT2D eigenvalue weighted by Gasteiger charge is 2.31. The molecule has 0 radical (unpaired) electrons.